The van der Waals surface area contributed by atoms with E-state index in [0.29, 0.717) is 12.4 Å². The lowest BCUT2D eigenvalue weighted by Crippen LogP contribution is -2.39. The van der Waals surface area contributed by atoms with Gasteiger partial charge in [0.25, 0.3) is 5.91 Å². The maximum absolute atomic E-state index is 14.5. The summed E-state index contributed by atoms with van der Waals surface area (Å²) in [5, 5.41) is 4.81. The standard InChI is InChI=1S/C25H34FN7O2/c1-16(2)14-33-22(28-17(3)31-12-10-18(27)15-31)13-20(30-33)21-7-5-6-11-32(21)25(34)24-19(26)8-9-23(29-24)35-4/h8-9,13-14,18,21H,5-7,10-12,15,27H2,1-4H3/t18?,21-/m0/s1. The second-order valence-electron chi connectivity index (χ2n) is 9.43. The van der Waals surface area contributed by atoms with Gasteiger partial charge in [0.05, 0.1) is 18.8 Å². The van der Waals surface area contributed by atoms with Gasteiger partial charge in [0, 0.05) is 44.0 Å². The molecule has 0 aliphatic carbocycles. The predicted molar refractivity (Wildman–Crippen MR) is 133 cm³/mol. The van der Waals surface area contributed by atoms with E-state index in [4.69, 9.17) is 20.6 Å². The molecule has 4 rings (SSSR count). The number of methoxy groups -OCH3 is 1. The maximum atomic E-state index is 14.5. The first-order chi connectivity index (χ1) is 16.8. The van der Waals surface area contributed by atoms with Gasteiger partial charge in [-0.15, -0.1) is 0 Å². The number of hydrogen-bond acceptors (Lipinski definition) is 6. The van der Waals surface area contributed by atoms with E-state index in [2.05, 4.69) is 9.88 Å². The number of hydrogen-bond donors (Lipinski definition) is 1. The highest BCUT2D eigenvalue weighted by Gasteiger charge is 2.33. The zero-order chi connectivity index (χ0) is 25.1. The minimum Gasteiger partial charge on any atom is -0.481 e. The Bertz CT molecular complexity index is 1140. The third-order valence-electron chi connectivity index (χ3n) is 6.41. The molecule has 2 aliphatic rings. The molecule has 9 nitrogen and oxygen atoms in total. The van der Waals surface area contributed by atoms with Gasteiger partial charge in [-0.1, -0.05) is 5.57 Å². The van der Waals surface area contributed by atoms with Gasteiger partial charge in [0.1, 0.15) is 5.84 Å². The summed E-state index contributed by atoms with van der Waals surface area (Å²) >= 11 is 0. The number of carbonyl (C=O) groups excluding carboxylic acids is 1. The van der Waals surface area contributed by atoms with Crippen LogP contribution in [0.5, 0.6) is 5.88 Å². The number of aliphatic imine (C=N–C) groups is 1. The van der Waals surface area contributed by atoms with Crippen LogP contribution in [0.2, 0.25) is 0 Å². The summed E-state index contributed by atoms with van der Waals surface area (Å²) in [4.78, 5) is 26.2. The molecule has 2 fully saturated rings. The lowest BCUT2D eigenvalue weighted by Gasteiger charge is -2.34. The van der Waals surface area contributed by atoms with Gasteiger partial charge in [-0.25, -0.2) is 19.0 Å². The summed E-state index contributed by atoms with van der Waals surface area (Å²) in [6.07, 6.45) is 5.37. The molecule has 10 heteroatoms. The van der Waals surface area contributed by atoms with E-state index in [-0.39, 0.29) is 23.7 Å². The fraction of sp³-hybridized carbons (Fsp3) is 0.520. The zero-order valence-electron chi connectivity index (χ0n) is 20.9. The number of halogens is 1. The normalized spacial score (nSPS) is 20.8. The van der Waals surface area contributed by atoms with Crippen LogP contribution in [0.15, 0.2) is 28.8 Å². The molecular formula is C25H34FN7O2. The van der Waals surface area contributed by atoms with E-state index in [9.17, 15) is 9.18 Å². The minimum atomic E-state index is -0.667. The first-order valence-electron chi connectivity index (χ1n) is 12.1. The molecule has 2 saturated heterocycles. The minimum absolute atomic E-state index is 0.158. The molecule has 0 bridgehead atoms. The molecule has 2 atom stereocenters. The van der Waals surface area contributed by atoms with E-state index in [1.54, 1.807) is 9.58 Å². The van der Waals surface area contributed by atoms with Gasteiger partial charge in [-0.2, -0.15) is 5.10 Å². The first-order valence-corrected chi connectivity index (χ1v) is 12.1. The van der Waals surface area contributed by atoms with Crippen molar-refractivity contribution in [3.63, 3.8) is 0 Å². The number of ether oxygens (including phenoxy) is 1. The number of nitrogens with zero attached hydrogens (tertiary/aromatic N) is 6. The lowest BCUT2D eigenvalue weighted by molar-refractivity contribution is 0.0593. The molecule has 2 aliphatic heterocycles. The Morgan fingerprint density at radius 2 is 2.03 bits per heavy atom. The van der Waals surface area contributed by atoms with Crippen LogP contribution >= 0.6 is 0 Å². The number of likely N-dealkylation sites (tertiary alicyclic amines) is 2. The van der Waals surface area contributed by atoms with Crippen molar-refractivity contribution >= 4 is 23.8 Å². The molecule has 0 aromatic carbocycles. The predicted octanol–water partition coefficient (Wildman–Crippen LogP) is 3.76. The topological polar surface area (TPSA) is 102 Å². The van der Waals surface area contributed by atoms with E-state index < -0.39 is 11.7 Å². The van der Waals surface area contributed by atoms with E-state index in [1.807, 2.05) is 33.0 Å². The highest BCUT2D eigenvalue weighted by atomic mass is 19.1. The van der Waals surface area contributed by atoms with Crippen molar-refractivity contribution in [2.75, 3.05) is 26.7 Å². The van der Waals surface area contributed by atoms with Gasteiger partial charge in [-0.3, -0.25) is 4.79 Å². The summed E-state index contributed by atoms with van der Waals surface area (Å²) in [5.41, 5.74) is 7.63. The van der Waals surface area contributed by atoms with E-state index in [1.165, 1.54) is 19.2 Å². The number of nitrogens with two attached hydrogens (primary N) is 1. The highest BCUT2D eigenvalue weighted by Crippen LogP contribution is 2.34. The molecule has 1 unspecified atom stereocenters. The number of amidine groups is 1. The third kappa shape index (κ3) is 5.53. The van der Waals surface area contributed by atoms with Crippen LogP contribution in [0.4, 0.5) is 10.2 Å². The second kappa shape index (κ2) is 10.6. The van der Waals surface area contributed by atoms with Crippen molar-refractivity contribution in [1.29, 1.82) is 0 Å². The number of amides is 1. The number of pyridine rings is 1. The molecule has 2 aromatic rings. The summed E-state index contributed by atoms with van der Waals surface area (Å²) in [5.74, 6) is 0.634. The fourth-order valence-corrected chi connectivity index (χ4v) is 4.61. The summed E-state index contributed by atoms with van der Waals surface area (Å²) in [7, 11) is 1.44. The average Bonchev–Trinajstić information content (AvgIpc) is 3.45. The van der Waals surface area contributed by atoms with Gasteiger partial charge in [-0.05, 0) is 52.5 Å². The Labute approximate surface area is 205 Å². The Balaban J connectivity index is 1.68. The molecule has 188 valence electrons. The van der Waals surface area contributed by atoms with Crippen molar-refractivity contribution in [2.24, 2.45) is 10.7 Å². The van der Waals surface area contributed by atoms with Crippen LogP contribution < -0.4 is 10.5 Å². The van der Waals surface area contributed by atoms with E-state index >= 15 is 0 Å². The quantitative estimate of drug-likeness (QED) is 0.513. The van der Waals surface area contributed by atoms with Crippen molar-refractivity contribution in [1.82, 2.24) is 24.6 Å². The molecule has 4 heterocycles. The van der Waals surface area contributed by atoms with E-state index in [0.717, 1.165) is 55.9 Å². The SMILES string of the molecule is COc1ccc(F)c(C(=O)N2CCCC[C@H]2c2cc(N=C(C)N3CCC(N)C3)n(C=C(C)C)n2)n1. The molecule has 0 radical (unpaired) electrons. The van der Waals surface area contributed by atoms with Crippen LogP contribution in [-0.2, 0) is 0 Å². The summed E-state index contributed by atoms with van der Waals surface area (Å²) < 4.78 is 21.4. The van der Waals surface area contributed by atoms with Crippen molar-refractivity contribution in [2.45, 2.75) is 58.5 Å². The van der Waals surface area contributed by atoms with Crippen LogP contribution in [0.1, 0.15) is 68.7 Å². The number of carbonyl (C=O) groups is 1. The highest BCUT2D eigenvalue weighted by molar-refractivity contribution is 5.93. The Kier molecular flexibility index (Phi) is 7.49. The van der Waals surface area contributed by atoms with Crippen LogP contribution in [0.3, 0.4) is 0 Å². The Morgan fingerprint density at radius 1 is 1.23 bits per heavy atom. The smallest absolute Gasteiger partial charge is 0.276 e. The third-order valence-corrected chi connectivity index (χ3v) is 6.41. The monoisotopic (exact) mass is 483 g/mol. The van der Waals surface area contributed by atoms with Crippen LogP contribution in [0, 0.1) is 5.82 Å². The summed E-state index contributed by atoms with van der Waals surface area (Å²) in [6.45, 7) is 8.13. The number of allylic oxidation sites excluding steroid dienone is 1. The van der Waals surface area contributed by atoms with Crippen LogP contribution in [0.25, 0.3) is 6.20 Å². The molecule has 0 saturated carbocycles. The van der Waals surface area contributed by atoms with Gasteiger partial charge < -0.3 is 20.3 Å². The molecule has 2 aromatic heterocycles. The number of piperidine rings is 1. The number of rotatable bonds is 5. The second-order valence-corrected chi connectivity index (χ2v) is 9.43. The molecule has 2 N–H and O–H groups in total. The summed E-state index contributed by atoms with van der Waals surface area (Å²) in [6, 6.07) is 4.39. The van der Waals surface area contributed by atoms with Gasteiger partial charge in [0.2, 0.25) is 5.88 Å². The fourth-order valence-electron chi connectivity index (χ4n) is 4.61. The van der Waals surface area contributed by atoms with Gasteiger partial charge in [0.15, 0.2) is 17.3 Å². The Morgan fingerprint density at radius 3 is 2.71 bits per heavy atom. The van der Waals surface area contributed by atoms with Crippen LogP contribution in [-0.4, -0.2) is 69.1 Å². The molecular weight excluding hydrogens is 449 g/mol. The van der Waals surface area contributed by atoms with Crippen molar-refractivity contribution in [3.05, 3.63) is 41.0 Å². The van der Waals surface area contributed by atoms with Crippen molar-refractivity contribution < 1.29 is 13.9 Å². The molecule has 1 amide bonds. The lowest BCUT2D eigenvalue weighted by atomic mass is 9.98. The zero-order valence-corrected chi connectivity index (χ0v) is 20.9. The maximum Gasteiger partial charge on any atom is 0.276 e. The average molecular weight is 484 g/mol. The molecule has 35 heavy (non-hydrogen) atoms. The van der Waals surface area contributed by atoms with Crippen molar-refractivity contribution in [3.8, 4) is 5.88 Å². The Hall–Kier alpha value is -3.27. The largest absolute Gasteiger partial charge is 0.481 e. The first kappa shape index (κ1) is 24.8. The number of aromatic nitrogens is 3. The molecule has 0 spiro atoms. The van der Waals surface area contributed by atoms with Gasteiger partial charge >= 0.3 is 0 Å².